The van der Waals surface area contributed by atoms with Crippen LogP contribution in [0.5, 0.6) is 0 Å². The van der Waals surface area contributed by atoms with Crippen molar-refractivity contribution in [3.63, 3.8) is 0 Å². The van der Waals surface area contributed by atoms with Crippen LogP contribution in [0.4, 0.5) is 5.69 Å². The molecule has 3 rings (SSSR count). The Morgan fingerprint density at radius 1 is 1.27 bits per heavy atom. The summed E-state index contributed by atoms with van der Waals surface area (Å²) in [7, 11) is 0. The van der Waals surface area contributed by atoms with E-state index in [4.69, 9.17) is 11.6 Å². The Hall–Kier alpha value is -0.860. The average Bonchev–Trinajstić information content (AvgIpc) is 2.26. The molecule has 76 valence electrons. The SMILES string of the molecule is ClC1=C[C@H]2Nc3ccccc3S[C@@H]2C=C1. The lowest BCUT2D eigenvalue weighted by molar-refractivity contribution is 0.877. The molecule has 0 amide bonds. The molecule has 1 aromatic carbocycles. The molecule has 0 fully saturated rings. The minimum Gasteiger partial charge on any atom is -0.376 e. The fourth-order valence-corrected chi connectivity index (χ4v) is 3.24. The van der Waals surface area contributed by atoms with Crippen molar-refractivity contribution in [3.8, 4) is 0 Å². The van der Waals surface area contributed by atoms with Gasteiger partial charge in [-0.05, 0) is 24.3 Å². The molecule has 1 aliphatic heterocycles. The summed E-state index contributed by atoms with van der Waals surface area (Å²) in [5, 5.41) is 4.78. The Morgan fingerprint density at radius 3 is 3.07 bits per heavy atom. The van der Waals surface area contributed by atoms with E-state index in [2.05, 4.69) is 41.7 Å². The fraction of sp³-hybridized carbons (Fsp3) is 0.167. The molecule has 1 N–H and O–H groups in total. The van der Waals surface area contributed by atoms with Gasteiger partial charge >= 0.3 is 0 Å². The van der Waals surface area contributed by atoms with Crippen LogP contribution in [0.3, 0.4) is 0 Å². The highest BCUT2D eigenvalue weighted by Crippen LogP contribution is 2.40. The van der Waals surface area contributed by atoms with Gasteiger partial charge in [0.2, 0.25) is 0 Å². The maximum atomic E-state index is 5.99. The summed E-state index contributed by atoms with van der Waals surface area (Å²) in [6, 6.07) is 8.71. The van der Waals surface area contributed by atoms with Crippen LogP contribution in [0.25, 0.3) is 0 Å². The van der Waals surface area contributed by atoms with Gasteiger partial charge in [-0.3, -0.25) is 0 Å². The second kappa shape index (κ2) is 3.62. The van der Waals surface area contributed by atoms with Crippen molar-refractivity contribution >= 4 is 29.1 Å². The van der Waals surface area contributed by atoms with E-state index in [0.717, 1.165) is 5.03 Å². The van der Waals surface area contributed by atoms with Gasteiger partial charge in [0.15, 0.2) is 0 Å². The highest BCUT2D eigenvalue weighted by atomic mass is 35.5. The van der Waals surface area contributed by atoms with Gasteiger partial charge in [-0.2, -0.15) is 0 Å². The van der Waals surface area contributed by atoms with Crippen molar-refractivity contribution in [2.24, 2.45) is 0 Å². The number of halogens is 1. The number of anilines is 1. The van der Waals surface area contributed by atoms with Crippen molar-refractivity contribution in [1.29, 1.82) is 0 Å². The third kappa shape index (κ3) is 1.68. The van der Waals surface area contributed by atoms with E-state index in [1.165, 1.54) is 10.6 Å². The monoisotopic (exact) mass is 235 g/mol. The second-order valence-corrected chi connectivity index (χ2v) is 5.32. The van der Waals surface area contributed by atoms with Gasteiger partial charge in [-0.15, -0.1) is 11.8 Å². The zero-order valence-corrected chi connectivity index (χ0v) is 9.55. The molecule has 1 aromatic rings. The number of hydrogen-bond acceptors (Lipinski definition) is 2. The number of allylic oxidation sites excluding steroid dienone is 2. The number of hydrogen-bond donors (Lipinski definition) is 1. The first-order chi connectivity index (χ1) is 7.33. The topological polar surface area (TPSA) is 12.0 Å². The second-order valence-electron chi connectivity index (χ2n) is 3.66. The molecule has 3 heteroatoms. The quantitative estimate of drug-likeness (QED) is 0.737. The standard InChI is InChI=1S/C12H10ClNS/c13-8-5-6-12-10(7-8)14-9-3-1-2-4-11(9)15-12/h1-7,10,12,14H/t10-,12-/m1/s1. The van der Waals surface area contributed by atoms with Gasteiger partial charge < -0.3 is 5.32 Å². The van der Waals surface area contributed by atoms with Crippen LogP contribution in [-0.4, -0.2) is 11.3 Å². The predicted molar refractivity (Wildman–Crippen MR) is 66.6 cm³/mol. The number of thioether (sulfide) groups is 1. The first kappa shape index (κ1) is 9.37. The van der Waals surface area contributed by atoms with Gasteiger partial charge in [0, 0.05) is 15.6 Å². The molecule has 0 bridgehead atoms. The van der Waals surface area contributed by atoms with Gasteiger partial charge in [0.1, 0.15) is 0 Å². The molecular formula is C12H10ClNS. The first-order valence-electron chi connectivity index (χ1n) is 4.91. The maximum absolute atomic E-state index is 5.99. The van der Waals surface area contributed by atoms with Crippen molar-refractivity contribution < 1.29 is 0 Å². The zero-order valence-electron chi connectivity index (χ0n) is 7.98. The lowest BCUT2D eigenvalue weighted by Crippen LogP contribution is -2.33. The molecule has 0 spiro atoms. The molecule has 15 heavy (non-hydrogen) atoms. The van der Waals surface area contributed by atoms with E-state index < -0.39 is 0 Å². The van der Waals surface area contributed by atoms with E-state index >= 15 is 0 Å². The summed E-state index contributed by atoms with van der Waals surface area (Å²) in [4.78, 5) is 1.31. The molecule has 1 heterocycles. The smallest absolute Gasteiger partial charge is 0.0619 e. The Bertz CT molecular complexity index is 453. The van der Waals surface area contributed by atoms with Crippen molar-refractivity contribution in [2.75, 3.05) is 5.32 Å². The summed E-state index contributed by atoms with van der Waals surface area (Å²) >= 11 is 7.88. The molecule has 1 nitrogen and oxygen atoms in total. The summed E-state index contributed by atoms with van der Waals surface area (Å²) in [5.41, 5.74) is 1.21. The first-order valence-corrected chi connectivity index (χ1v) is 6.16. The highest BCUT2D eigenvalue weighted by molar-refractivity contribution is 8.00. The molecule has 2 atom stereocenters. The van der Waals surface area contributed by atoms with Crippen molar-refractivity contribution in [3.05, 3.63) is 47.5 Å². The minimum atomic E-state index is 0.322. The number of fused-ring (bicyclic) bond motifs is 2. The van der Waals surface area contributed by atoms with Crippen LogP contribution < -0.4 is 5.32 Å². The third-order valence-corrected chi connectivity index (χ3v) is 4.19. The molecular weight excluding hydrogens is 226 g/mol. The van der Waals surface area contributed by atoms with Crippen molar-refractivity contribution in [2.45, 2.75) is 16.2 Å². The van der Waals surface area contributed by atoms with Gasteiger partial charge in [0.05, 0.1) is 11.3 Å². The molecule has 2 aliphatic rings. The number of rotatable bonds is 0. The normalized spacial score (nSPS) is 27.4. The largest absolute Gasteiger partial charge is 0.376 e. The fourth-order valence-electron chi connectivity index (χ4n) is 1.88. The van der Waals surface area contributed by atoms with E-state index in [1.807, 2.05) is 17.8 Å². The number of benzene rings is 1. The molecule has 0 radical (unpaired) electrons. The van der Waals surface area contributed by atoms with E-state index in [9.17, 15) is 0 Å². The van der Waals surface area contributed by atoms with Crippen molar-refractivity contribution in [1.82, 2.24) is 0 Å². The molecule has 0 saturated heterocycles. The van der Waals surface area contributed by atoms with Crippen LogP contribution in [0.2, 0.25) is 0 Å². The van der Waals surface area contributed by atoms with Gasteiger partial charge in [-0.25, -0.2) is 0 Å². The Kier molecular flexibility index (Phi) is 2.26. The van der Waals surface area contributed by atoms with E-state index in [0.29, 0.717) is 11.3 Å². The molecule has 0 saturated carbocycles. The van der Waals surface area contributed by atoms with Crippen LogP contribution in [0.15, 0.2) is 52.4 Å². The van der Waals surface area contributed by atoms with Crippen LogP contribution >= 0.6 is 23.4 Å². The van der Waals surface area contributed by atoms with E-state index in [-0.39, 0.29) is 0 Å². The average molecular weight is 236 g/mol. The summed E-state index contributed by atoms with van der Waals surface area (Å²) in [5.74, 6) is 0. The lowest BCUT2D eigenvalue weighted by atomic mass is 10.1. The van der Waals surface area contributed by atoms with E-state index in [1.54, 1.807) is 0 Å². The maximum Gasteiger partial charge on any atom is 0.0619 e. The number of para-hydroxylation sites is 1. The summed E-state index contributed by atoms with van der Waals surface area (Å²) < 4.78 is 0. The Balaban J connectivity index is 1.98. The van der Waals surface area contributed by atoms with Crippen LogP contribution in [-0.2, 0) is 0 Å². The molecule has 0 unspecified atom stereocenters. The Labute approximate surface area is 98.2 Å². The third-order valence-electron chi connectivity index (χ3n) is 2.61. The highest BCUT2D eigenvalue weighted by Gasteiger charge is 2.27. The van der Waals surface area contributed by atoms with Gasteiger partial charge in [-0.1, -0.05) is 29.8 Å². The Morgan fingerprint density at radius 2 is 2.13 bits per heavy atom. The lowest BCUT2D eigenvalue weighted by Gasteiger charge is -2.32. The zero-order chi connectivity index (χ0) is 10.3. The molecule has 0 aromatic heterocycles. The number of nitrogens with one attached hydrogen (secondary N) is 1. The van der Waals surface area contributed by atoms with Crippen LogP contribution in [0.1, 0.15) is 0 Å². The molecule has 1 aliphatic carbocycles. The minimum absolute atomic E-state index is 0.322. The van der Waals surface area contributed by atoms with Crippen LogP contribution in [0, 0.1) is 0 Å². The van der Waals surface area contributed by atoms with Gasteiger partial charge in [0.25, 0.3) is 0 Å². The summed E-state index contributed by atoms with van der Waals surface area (Å²) in [6.45, 7) is 0. The predicted octanol–water partition coefficient (Wildman–Crippen LogP) is 3.63. The summed E-state index contributed by atoms with van der Waals surface area (Å²) in [6.07, 6.45) is 6.22.